The first kappa shape index (κ1) is 24.5. The predicted molar refractivity (Wildman–Crippen MR) is 136 cm³/mol. The van der Waals surface area contributed by atoms with E-state index in [1.165, 1.54) is 38.2 Å². The van der Waals surface area contributed by atoms with Crippen LogP contribution in [0.1, 0.15) is 109 Å². The van der Waals surface area contributed by atoms with Crippen LogP contribution in [-0.2, 0) is 0 Å². The zero-order valence-corrected chi connectivity index (χ0v) is 21.5. The molecule has 0 saturated heterocycles. The largest absolute Gasteiger partial charge is 0.390 e. The Labute approximate surface area is 206 Å². The minimum Gasteiger partial charge on any atom is -0.390 e. The van der Waals surface area contributed by atoms with Crippen molar-refractivity contribution in [1.82, 2.24) is 0 Å². The molecule has 3 saturated carbocycles. The average Bonchev–Trinajstić information content (AvgIpc) is 3.16. The quantitative estimate of drug-likeness (QED) is 0.419. The van der Waals surface area contributed by atoms with Crippen LogP contribution in [-0.4, -0.2) is 15.8 Å². The van der Waals surface area contributed by atoms with Gasteiger partial charge in [-0.3, -0.25) is 0 Å². The van der Waals surface area contributed by atoms with Gasteiger partial charge in [-0.15, -0.1) is 0 Å². The molecule has 2 nitrogen and oxygen atoms in total. The number of rotatable bonds is 6. The van der Waals surface area contributed by atoms with Crippen molar-refractivity contribution < 1.29 is 14.6 Å². The van der Waals surface area contributed by atoms with Crippen molar-refractivity contribution in [3.63, 3.8) is 0 Å². The van der Waals surface area contributed by atoms with E-state index in [9.17, 15) is 14.6 Å². The molecular formula is C31H45FO2. The Balaban J connectivity index is 1.24. The van der Waals surface area contributed by atoms with Gasteiger partial charge in [0.2, 0.25) is 0 Å². The van der Waals surface area contributed by atoms with Gasteiger partial charge in [0, 0.05) is 5.56 Å². The lowest BCUT2D eigenvalue weighted by Gasteiger charge is -2.59. The van der Waals surface area contributed by atoms with Crippen LogP contribution in [0.3, 0.4) is 0 Å². The second kappa shape index (κ2) is 9.04. The molecule has 1 aromatic rings. The summed E-state index contributed by atoms with van der Waals surface area (Å²) in [4.78, 5) is 0. The third kappa shape index (κ3) is 3.99. The zero-order chi connectivity index (χ0) is 24.1. The van der Waals surface area contributed by atoms with E-state index in [0.717, 1.165) is 62.2 Å². The summed E-state index contributed by atoms with van der Waals surface area (Å²) in [6.45, 7) is 7.22. The van der Waals surface area contributed by atoms with E-state index in [0.29, 0.717) is 17.4 Å². The Morgan fingerprint density at radius 3 is 2.62 bits per heavy atom. The maximum absolute atomic E-state index is 14.0. The Morgan fingerprint density at radius 1 is 1.06 bits per heavy atom. The summed E-state index contributed by atoms with van der Waals surface area (Å²) in [5, 5.41) is 21.5. The number of hydrogen-bond acceptors (Lipinski definition) is 2. The summed E-state index contributed by atoms with van der Waals surface area (Å²) in [5.74, 6) is 2.79. The van der Waals surface area contributed by atoms with Crippen LogP contribution >= 0.6 is 0 Å². The van der Waals surface area contributed by atoms with E-state index in [4.69, 9.17) is 0 Å². The fourth-order valence-electron chi connectivity index (χ4n) is 9.06. The fraction of sp³-hybridized carbons (Fsp3) is 0.742. The van der Waals surface area contributed by atoms with Crippen LogP contribution < -0.4 is 0 Å². The van der Waals surface area contributed by atoms with Crippen molar-refractivity contribution in [3.8, 4) is 0 Å². The minimum absolute atomic E-state index is 0.285. The van der Waals surface area contributed by atoms with E-state index < -0.39 is 11.7 Å². The molecule has 2 N–H and O–H groups in total. The molecule has 0 spiro atoms. The van der Waals surface area contributed by atoms with Gasteiger partial charge in [0.15, 0.2) is 0 Å². The highest BCUT2D eigenvalue weighted by Gasteiger charge is 2.59. The number of fused-ring (bicyclic) bond motifs is 5. The molecule has 1 aromatic carbocycles. The highest BCUT2D eigenvalue weighted by atomic mass is 19.1. The second-order valence-corrected chi connectivity index (χ2v) is 12.8. The standard InChI is InChI=1S/C31H45FO2/c1-4-31(34)19-18-30(3)22(20-31)12-14-23-25-15-13-21(29(25,2)17-16-26(23)30)8-7-11-28(33)24-9-5-6-10-27(24)32/h5-6,9-10,12,21,23,25-26,28,33-34H,4,7-8,11,13-20H2,1-3H3/t21-,23-,25-,26-,28-,29+,30-,31-/m0/s1. The van der Waals surface area contributed by atoms with Crippen LogP contribution in [0.15, 0.2) is 35.9 Å². The van der Waals surface area contributed by atoms with Crippen molar-refractivity contribution in [3.05, 3.63) is 47.3 Å². The van der Waals surface area contributed by atoms with Crippen molar-refractivity contribution in [1.29, 1.82) is 0 Å². The van der Waals surface area contributed by atoms with E-state index in [-0.39, 0.29) is 11.2 Å². The van der Waals surface area contributed by atoms with Gasteiger partial charge in [0.05, 0.1) is 11.7 Å². The molecule has 0 bridgehead atoms. The molecule has 0 heterocycles. The fourth-order valence-corrected chi connectivity index (χ4v) is 9.06. The highest BCUT2D eigenvalue weighted by Crippen LogP contribution is 2.67. The molecule has 188 valence electrons. The van der Waals surface area contributed by atoms with Crippen molar-refractivity contribution in [2.45, 2.75) is 110 Å². The molecule has 3 heteroatoms. The Kier molecular flexibility index (Phi) is 6.51. The van der Waals surface area contributed by atoms with Crippen molar-refractivity contribution in [2.75, 3.05) is 0 Å². The summed E-state index contributed by atoms with van der Waals surface area (Å²) >= 11 is 0. The van der Waals surface area contributed by atoms with Gasteiger partial charge < -0.3 is 10.2 Å². The molecule has 0 aromatic heterocycles. The normalized spacial score (nSPS) is 42.4. The third-order valence-corrected chi connectivity index (χ3v) is 11.4. The zero-order valence-electron chi connectivity index (χ0n) is 21.5. The predicted octanol–water partition coefficient (Wildman–Crippen LogP) is 7.75. The summed E-state index contributed by atoms with van der Waals surface area (Å²) in [5.41, 5.74) is 2.22. The monoisotopic (exact) mass is 468 g/mol. The lowest BCUT2D eigenvalue weighted by atomic mass is 9.46. The molecule has 34 heavy (non-hydrogen) atoms. The number of benzene rings is 1. The van der Waals surface area contributed by atoms with Crippen molar-refractivity contribution >= 4 is 0 Å². The molecule has 0 aliphatic heterocycles. The van der Waals surface area contributed by atoms with E-state index in [1.807, 2.05) is 6.07 Å². The van der Waals surface area contributed by atoms with Gasteiger partial charge in [-0.2, -0.15) is 0 Å². The molecule has 5 rings (SSSR count). The topological polar surface area (TPSA) is 40.5 Å². The van der Waals surface area contributed by atoms with Crippen LogP contribution in [0.4, 0.5) is 4.39 Å². The van der Waals surface area contributed by atoms with Gasteiger partial charge >= 0.3 is 0 Å². The van der Waals surface area contributed by atoms with E-state index >= 15 is 0 Å². The first-order valence-corrected chi connectivity index (χ1v) is 14.0. The Bertz CT molecular complexity index is 926. The Hall–Kier alpha value is -1.19. The molecule has 4 aliphatic rings. The van der Waals surface area contributed by atoms with Gasteiger partial charge in [-0.1, -0.05) is 57.0 Å². The van der Waals surface area contributed by atoms with Gasteiger partial charge in [0.1, 0.15) is 5.82 Å². The van der Waals surface area contributed by atoms with E-state index in [1.54, 1.807) is 17.7 Å². The van der Waals surface area contributed by atoms with Gasteiger partial charge in [0.25, 0.3) is 0 Å². The van der Waals surface area contributed by atoms with Crippen LogP contribution in [0, 0.1) is 40.3 Å². The maximum Gasteiger partial charge on any atom is 0.128 e. The summed E-state index contributed by atoms with van der Waals surface area (Å²) in [6.07, 6.45) is 15.0. The van der Waals surface area contributed by atoms with Crippen molar-refractivity contribution in [2.24, 2.45) is 34.5 Å². The lowest BCUT2D eigenvalue weighted by Crippen LogP contribution is -2.52. The highest BCUT2D eigenvalue weighted by molar-refractivity contribution is 5.27. The van der Waals surface area contributed by atoms with Crippen LogP contribution in [0.5, 0.6) is 0 Å². The second-order valence-electron chi connectivity index (χ2n) is 12.8. The number of aliphatic hydroxyl groups excluding tert-OH is 1. The molecule has 8 atom stereocenters. The summed E-state index contributed by atoms with van der Waals surface area (Å²) in [7, 11) is 0. The summed E-state index contributed by atoms with van der Waals surface area (Å²) < 4.78 is 14.0. The van der Waals surface area contributed by atoms with Gasteiger partial charge in [-0.05, 0) is 111 Å². The SMILES string of the molecule is CC[C@]1(O)CC[C@@]2(C)C(=CC[C@H]3[C@@H]4CC[C@H](CCC[C@H](O)c5ccccc5F)[C@@]4(C)CC[C@@H]32)C1. The Morgan fingerprint density at radius 2 is 1.85 bits per heavy atom. The lowest BCUT2D eigenvalue weighted by molar-refractivity contribution is -0.0718. The molecule has 0 unspecified atom stereocenters. The van der Waals surface area contributed by atoms with Gasteiger partial charge in [-0.25, -0.2) is 4.39 Å². The minimum atomic E-state index is -0.697. The number of allylic oxidation sites excluding steroid dienone is 1. The smallest absolute Gasteiger partial charge is 0.128 e. The maximum atomic E-state index is 14.0. The molecule has 4 aliphatic carbocycles. The first-order valence-electron chi connectivity index (χ1n) is 14.0. The number of aliphatic hydroxyl groups is 2. The molecule has 0 amide bonds. The molecular weight excluding hydrogens is 423 g/mol. The molecule has 0 radical (unpaired) electrons. The van der Waals surface area contributed by atoms with Crippen LogP contribution in [0.2, 0.25) is 0 Å². The number of hydrogen-bond donors (Lipinski definition) is 2. The van der Waals surface area contributed by atoms with E-state index in [2.05, 4.69) is 26.8 Å². The number of halogens is 1. The third-order valence-electron chi connectivity index (χ3n) is 11.4. The molecule has 3 fully saturated rings. The first-order chi connectivity index (χ1) is 16.2. The average molecular weight is 469 g/mol. The summed E-state index contributed by atoms with van der Waals surface area (Å²) in [6, 6.07) is 6.65. The van der Waals surface area contributed by atoms with Crippen LogP contribution in [0.25, 0.3) is 0 Å².